The van der Waals surface area contributed by atoms with E-state index < -0.39 is 6.04 Å². The SMILES string of the molecule is Cc1sc2c(c1C)C(c1ccc(Cl)cc1)=N[C@@H](CC(=O)NCCN)C1=NNC(C)N12. The van der Waals surface area contributed by atoms with Gasteiger partial charge in [0.15, 0.2) is 5.84 Å². The highest BCUT2D eigenvalue weighted by molar-refractivity contribution is 7.17. The lowest BCUT2D eigenvalue weighted by Crippen LogP contribution is -2.43. The average molecular weight is 445 g/mol. The monoisotopic (exact) mass is 444 g/mol. The summed E-state index contributed by atoms with van der Waals surface area (Å²) in [5.41, 5.74) is 12.8. The highest BCUT2D eigenvalue weighted by atomic mass is 35.5. The van der Waals surface area contributed by atoms with Crippen molar-refractivity contribution in [3.63, 3.8) is 0 Å². The minimum absolute atomic E-state index is 0.0226. The first-order valence-corrected chi connectivity index (χ1v) is 11.1. The van der Waals surface area contributed by atoms with Crippen LogP contribution in [0.3, 0.4) is 0 Å². The van der Waals surface area contributed by atoms with E-state index in [9.17, 15) is 4.79 Å². The van der Waals surface area contributed by atoms with Gasteiger partial charge in [-0.3, -0.25) is 20.1 Å². The van der Waals surface area contributed by atoms with Gasteiger partial charge in [0.25, 0.3) is 0 Å². The maximum absolute atomic E-state index is 12.5. The predicted molar refractivity (Wildman–Crippen MR) is 124 cm³/mol. The van der Waals surface area contributed by atoms with Crippen molar-refractivity contribution in [2.24, 2.45) is 15.8 Å². The maximum Gasteiger partial charge on any atom is 0.222 e. The number of amides is 1. The Hall–Kier alpha value is -2.42. The first-order chi connectivity index (χ1) is 14.4. The molecule has 1 unspecified atom stereocenters. The van der Waals surface area contributed by atoms with Crippen molar-refractivity contribution in [3.8, 4) is 0 Å². The first-order valence-electron chi connectivity index (χ1n) is 9.94. The number of thiophene rings is 1. The molecule has 0 spiro atoms. The van der Waals surface area contributed by atoms with Crippen molar-refractivity contribution in [1.82, 2.24) is 10.7 Å². The van der Waals surface area contributed by atoms with E-state index >= 15 is 0 Å². The number of fused-ring (bicyclic) bond motifs is 3. The van der Waals surface area contributed by atoms with Crippen molar-refractivity contribution in [2.45, 2.75) is 39.4 Å². The number of benzene rings is 1. The van der Waals surface area contributed by atoms with Crippen molar-refractivity contribution in [2.75, 3.05) is 18.0 Å². The second-order valence-electron chi connectivity index (χ2n) is 7.45. The molecule has 158 valence electrons. The number of aryl methyl sites for hydroxylation is 1. The smallest absolute Gasteiger partial charge is 0.222 e. The molecule has 4 rings (SSSR count). The number of hydrazone groups is 1. The van der Waals surface area contributed by atoms with Gasteiger partial charge in [-0.2, -0.15) is 5.10 Å². The molecule has 0 saturated heterocycles. The van der Waals surface area contributed by atoms with Gasteiger partial charge in [0, 0.05) is 34.1 Å². The Kier molecular flexibility index (Phi) is 5.81. The largest absolute Gasteiger partial charge is 0.355 e. The molecule has 0 aliphatic carbocycles. The van der Waals surface area contributed by atoms with Gasteiger partial charge in [-0.15, -0.1) is 11.3 Å². The van der Waals surface area contributed by atoms with Gasteiger partial charge < -0.3 is 11.1 Å². The third-order valence-electron chi connectivity index (χ3n) is 5.37. The Labute approximate surface area is 185 Å². The number of nitrogens with zero attached hydrogens (tertiary/aromatic N) is 3. The van der Waals surface area contributed by atoms with Gasteiger partial charge in [-0.05, 0) is 38.5 Å². The molecule has 1 aromatic carbocycles. The summed E-state index contributed by atoms with van der Waals surface area (Å²) in [5.74, 6) is 0.668. The summed E-state index contributed by atoms with van der Waals surface area (Å²) in [7, 11) is 0. The average Bonchev–Trinajstić information content (AvgIpc) is 3.19. The van der Waals surface area contributed by atoms with Gasteiger partial charge >= 0.3 is 0 Å². The zero-order chi connectivity index (χ0) is 21.4. The zero-order valence-electron chi connectivity index (χ0n) is 17.2. The number of rotatable bonds is 5. The molecule has 4 N–H and O–H groups in total. The molecule has 1 aromatic heterocycles. The van der Waals surface area contributed by atoms with Crippen LogP contribution in [0.4, 0.5) is 5.00 Å². The van der Waals surface area contributed by atoms with Crippen LogP contribution < -0.4 is 21.4 Å². The number of nitrogens with two attached hydrogens (primary N) is 1. The van der Waals surface area contributed by atoms with Gasteiger partial charge in [-0.1, -0.05) is 23.7 Å². The van der Waals surface area contributed by atoms with Crippen LogP contribution >= 0.6 is 22.9 Å². The van der Waals surface area contributed by atoms with Gasteiger partial charge in [0.1, 0.15) is 17.2 Å². The van der Waals surface area contributed by atoms with E-state index in [-0.39, 0.29) is 18.5 Å². The molecule has 2 aliphatic heterocycles. The summed E-state index contributed by atoms with van der Waals surface area (Å²) >= 11 is 7.85. The van der Waals surface area contributed by atoms with E-state index in [0.717, 1.165) is 27.7 Å². The molecule has 9 heteroatoms. The van der Waals surface area contributed by atoms with Crippen molar-refractivity contribution in [3.05, 3.63) is 50.9 Å². The van der Waals surface area contributed by atoms with Crippen LogP contribution in [0, 0.1) is 13.8 Å². The van der Waals surface area contributed by atoms with Crippen molar-refractivity contribution in [1.29, 1.82) is 0 Å². The molecule has 0 bridgehead atoms. The number of anilines is 1. The minimum atomic E-state index is -0.412. The summed E-state index contributed by atoms with van der Waals surface area (Å²) in [6, 6.07) is 7.27. The molecule has 0 fully saturated rings. The van der Waals surface area contributed by atoms with E-state index in [1.165, 1.54) is 10.4 Å². The van der Waals surface area contributed by atoms with Crippen LogP contribution in [-0.2, 0) is 4.79 Å². The van der Waals surface area contributed by atoms with Crippen molar-refractivity contribution >= 4 is 45.4 Å². The van der Waals surface area contributed by atoms with E-state index in [1.54, 1.807) is 11.3 Å². The van der Waals surface area contributed by atoms with E-state index in [1.807, 2.05) is 24.3 Å². The Balaban J connectivity index is 1.86. The molecule has 7 nitrogen and oxygen atoms in total. The van der Waals surface area contributed by atoms with E-state index in [4.69, 9.17) is 22.3 Å². The number of aliphatic imine (C=N–C) groups is 1. The number of amidine groups is 1. The quantitative estimate of drug-likeness (QED) is 0.660. The summed E-state index contributed by atoms with van der Waals surface area (Å²) in [6.45, 7) is 7.14. The third kappa shape index (κ3) is 3.71. The van der Waals surface area contributed by atoms with Crippen LogP contribution in [0.1, 0.15) is 34.9 Å². The first kappa shape index (κ1) is 20.8. The molecule has 2 aliphatic rings. The minimum Gasteiger partial charge on any atom is -0.355 e. The fourth-order valence-corrected chi connectivity index (χ4v) is 5.12. The molecular formula is C21H25ClN6OS. The Morgan fingerprint density at radius 2 is 2.07 bits per heavy atom. The topological polar surface area (TPSA) is 95.1 Å². The van der Waals surface area contributed by atoms with Crippen LogP contribution in [0.2, 0.25) is 5.02 Å². The van der Waals surface area contributed by atoms with Crippen LogP contribution in [0.25, 0.3) is 0 Å². The highest BCUT2D eigenvalue weighted by Gasteiger charge is 2.39. The lowest BCUT2D eigenvalue weighted by Gasteiger charge is -2.24. The third-order valence-corrected chi connectivity index (χ3v) is 6.83. The molecule has 1 amide bonds. The second kappa shape index (κ2) is 8.37. The maximum atomic E-state index is 12.5. The fourth-order valence-electron chi connectivity index (χ4n) is 3.74. The second-order valence-corrected chi connectivity index (χ2v) is 9.09. The lowest BCUT2D eigenvalue weighted by molar-refractivity contribution is -0.121. The van der Waals surface area contributed by atoms with Gasteiger partial charge in [0.05, 0.1) is 12.1 Å². The highest BCUT2D eigenvalue weighted by Crippen LogP contribution is 2.41. The zero-order valence-corrected chi connectivity index (χ0v) is 18.8. The number of carbonyl (C=O) groups is 1. The molecule has 3 heterocycles. The van der Waals surface area contributed by atoms with Crippen LogP contribution in [0.15, 0.2) is 34.4 Å². The van der Waals surface area contributed by atoms with Crippen LogP contribution in [-0.4, -0.2) is 42.8 Å². The summed E-state index contributed by atoms with van der Waals surface area (Å²) in [4.78, 5) is 21.0. The molecule has 30 heavy (non-hydrogen) atoms. The lowest BCUT2D eigenvalue weighted by atomic mass is 9.99. The summed E-state index contributed by atoms with van der Waals surface area (Å²) < 4.78 is 0. The standard InChI is InChI=1S/C21H25ClN6OS/c1-11-12(2)30-21-18(11)19(14-4-6-15(22)7-5-14)25-16(10-17(29)24-9-8-23)20-27-26-13(3)28(20)21/h4-7,13,16,26H,8-10,23H2,1-3H3,(H,24,29)/t13?,16-/m0/s1. The number of halogens is 1. The number of nitrogens with one attached hydrogen (secondary N) is 2. The molecule has 2 aromatic rings. The molecule has 0 saturated carbocycles. The molecular weight excluding hydrogens is 420 g/mol. The van der Waals surface area contributed by atoms with Crippen LogP contribution in [0.5, 0.6) is 0 Å². The summed E-state index contributed by atoms with van der Waals surface area (Å²) in [5, 5.41) is 9.18. The van der Waals surface area contributed by atoms with E-state index in [0.29, 0.717) is 18.1 Å². The number of carbonyl (C=O) groups excluding carboxylic acids is 1. The fraction of sp³-hybridized carbons (Fsp3) is 0.381. The normalized spacial score (nSPS) is 20.0. The Bertz CT molecular complexity index is 1030. The van der Waals surface area contributed by atoms with Gasteiger partial charge in [-0.25, -0.2) is 0 Å². The molecule has 2 atom stereocenters. The predicted octanol–water partition coefficient (Wildman–Crippen LogP) is 2.77. The molecule has 0 radical (unpaired) electrons. The Morgan fingerprint density at radius 3 is 2.77 bits per heavy atom. The van der Waals surface area contributed by atoms with Crippen molar-refractivity contribution < 1.29 is 4.79 Å². The summed E-state index contributed by atoms with van der Waals surface area (Å²) in [6.07, 6.45) is 0.180. The van der Waals surface area contributed by atoms with E-state index in [2.05, 4.69) is 41.5 Å². The number of hydrogen-bond donors (Lipinski definition) is 3. The number of hydrogen-bond acceptors (Lipinski definition) is 7. The Morgan fingerprint density at radius 1 is 1.33 bits per heavy atom. The van der Waals surface area contributed by atoms with Gasteiger partial charge in [0.2, 0.25) is 5.91 Å².